The van der Waals surface area contributed by atoms with Crippen molar-refractivity contribution < 1.29 is 0 Å². The number of hydrogen-bond acceptors (Lipinski definition) is 1. The molecule has 12 rings (SSSR count). The number of rotatable bonds is 7. The van der Waals surface area contributed by atoms with Gasteiger partial charge in [-0.3, -0.25) is 0 Å². The quantitative estimate of drug-likeness (QED) is 0.146. The van der Waals surface area contributed by atoms with Crippen molar-refractivity contribution >= 4 is 71.2 Å². The van der Waals surface area contributed by atoms with Gasteiger partial charge in [0.1, 0.15) is 0 Å². The van der Waals surface area contributed by atoms with Gasteiger partial charge >= 0.3 is 0 Å². The van der Waals surface area contributed by atoms with Crippen LogP contribution in [0.1, 0.15) is 0 Å². The van der Waals surface area contributed by atoms with Crippen molar-refractivity contribution in [3.8, 4) is 39.1 Å². The molecule has 0 amide bonds. The summed E-state index contributed by atoms with van der Waals surface area (Å²) < 4.78 is 2.39. The highest BCUT2D eigenvalue weighted by molar-refractivity contribution is 6.17. The molecule has 0 spiro atoms. The van der Waals surface area contributed by atoms with E-state index in [-0.39, 0.29) is 0 Å². The van der Waals surface area contributed by atoms with E-state index in [0.717, 1.165) is 22.7 Å². The van der Waals surface area contributed by atoms with Gasteiger partial charge in [0.25, 0.3) is 0 Å². The van der Waals surface area contributed by atoms with Crippen LogP contribution in [0.5, 0.6) is 0 Å². The zero-order chi connectivity index (χ0) is 41.0. The molecule has 0 bridgehead atoms. The molecule has 0 aliphatic rings. The Morgan fingerprint density at radius 2 is 0.855 bits per heavy atom. The lowest BCUT2D eigenvalue weighted by molar-refractivity contribution is 1.18. The Morgan fingerprint density at radius 3 is 1.66 bits per heavy atom. The number of aromatic nitrogens is 1. The molecule has 1 aromatic heterocycles. The van der Waals surface area contributed by atoms with Crippen molar-refractivity contribution in [1.82, 2.24) is 4.57 Å². The third-order valence-electron chi connectivity index (χ3n) is 12.6. The van der Waals surface area contributed by atoms with Gasteiger partial charge in [-0.05, 0) is 115 Å². The molecule has 11 aromatic carbocycles. The first-order valence-electron chi connectivity index (χ1n) is 21.3. The molecule has 12 aromatic rings. The van der Waals surface area contributed by atoms with Crippen LogP contribution in [0.2, 0.25) is 0 Å². The van der Waals surface area contributed by atoms with E-state index in [1.165, 1.54) is 87.5 Å². The second kappa shape index (κ2) is 14.8. The standard InChI is InChI=1S/C60H40N2/c1-2-19-47(20-3-1)62-57-29-11-10-26-56(57)60-53(28-14-30-58(60)62)45-18-12-21-49(39-45)61(59-40-46-16-5-7-23-52(46)54-24-8-9-25-55(54)59)48-37-35-42(36-38-48)41-31-33-44(34-32-41)51-27-13-17-43-15-4-6-22-50(43)51/h1-40H. The normalized spacial score (nSPS) is 11.5. The summed E-state index contributed by atoms with van der Waals surface area (Å²) in [5.74, 6) is 0. The van der Waals surface area contributed by atoms with Crippen molar-refractivity contribution in [3.63, 3.8) is 0 Å². The Morgan fingerprint density at radius 1 is 0.290 bits per heavy atom. The molecular formula is C60H40N2. The second-order valence-electron chi connectivity index (χ2n) is 16.1. The molecule has 0 saturated carbocycles. The molecule has 0 unspecified atom stereocenters. The van der Waals surface area contributed by atoms with Crippen LogP contribution in [0.25, 0.3) is 93.2 Å². The Bertz CT molecular complexity index is 3610. The van der Waals surface area contributed by atoms with Crippen LogP contribution >= 0.6 is 0 Å². The molecule has 2 nitrogen and oxygen atoms in total. The molecule has 62 heavy (non-hydrogen) atoms. The number of fused-ring (bicyclic) bond motifs is 7. The Balaban J connectivity index is 1.01. The number of para-hydroxylation sites is 2. The summed E-state index contributed by atoms with van der Waals surface area (Å²) in [5, 5.41) is 9.93. The van der Waals surface area contributed by atoms with E-state index in [1.54, 1.807) is 0 Å². The topological polar surface area (TPSA) is 8.17 Å². The van der Waals surface area contributed by atoms with E-state index in [2.05, 4.69) is 252 Å². The molecule has 0 aliphatic carbocycles. The minimum absolute atomic E-state index is 1.09. The van der Waals surface area contributed by atoms with E-state index in [0.29, 0.717) is 0 Å². The lowest BCUT2D eigenvalue weighted by atomic mass is 9.96. The van der Waals surface area contributed by atoms with Crippen molar-refractivity contribution in [2.75, 3.05) is 4.90 Å². The maximum atomic E-state index is 2.44. The maximum Gasteiger partial charge on any atom is 0.0547 e. The first-order chi connectivity index (χ1) is 30.8. The first-order valence-corrected chi connectivity index (χ1v) is 21.3. The van der Waals surface area contributed by atoms with Crippen LogP contribution in [0.15, 0.2) is 243 Å². The molecule has 0 fully saturated rings. The lowest BCUT2D eigenvalue weighted by Gasteiger charge is -2.28. The molecule has 0 saturated heterocycles. The minimum atomic E-state index is 1.09. The summed E-state index contributed by atoms with van der Waals surface area (Å²) in [7, 11) is 0. The van der Waals surface area contributed by atoms with E-state index < -0.39 is 0 Å². The molecule has 2 heteroatoms. The van der Waals surface area contributed by atoms with Gasteiger partial charge in [-0.25, -0.2) is 0 Å². The molecule has 1 heterocycles. The van der Waals surface area contributed by atoms with Crippen molar-refractivity contribution in [3.05, 3.63) is 243 Å². The average molecular weight is 789 g/mol. The monoisotopic (exact) mass is 788 g/mol. The van der Waals surface area contributed by atoms with Crippen LogP contribution < -0.4 is 4.90 Å². The van der Waals surface area contributed by atoms with Gasteiger partial charge in [0.15, 0.2) is 0 Å². The van der Waals surface area contributed by atoms with Gasteiger partial charge in [-0.15, -0.1) is 0 Å². The summed E-state index contributed by atoms with van der Waals surface area (Å²) in [6.07, 6.45) is 0. The predicted molar refractivity (Wildman–Crippen MR) is 264 cm³/mol. The first kappa shape index (κ1) is 35.7. The van der Waals surface area contributed by atoms with Crippen LogP contribution in [-0.4, -0.2) is 4.57 Å². The smallest absolute Gasteiger partial charge is 0.0547 e. The third-order valence-corrected chi connectivity index (χ3v) is 12.6. The Hall–Kier alpha value is -8.20. The summed E-state index contributed by atoms with van der Waals surface area (Å²) in [5.41, 5.74) is 14.1. The summed E-state index contributed by atoms with van der Waals surface area (Å²) in [4.78, 5) is 2.44. The van der Waals surface area contributed by atoms with Gasteiger partial charge in [0.2, 0.25) is 0 Å². The SMILES string of the molecule is c1ccc(-n2c3ccccc3c3c(-c4cccc(N(c5ccc(-c6ccc(-c7cccc8ccccc78)cc6)cc5)c5cc6ccccc6c6ccccc56)c4)cccc32)cc1. The third kappa shape index (κ3) is 5.96. The largest absolute Gasteiger partial charge is 0.310 e. The fourth-order valence-corrected chi connectivity index (χ4v) is 9.70. The number of hydrogen-bond donors (Lipinski definition) is 0. The van der Waals surface area contributed by atoms with Gasteiger partial charge in [0, 0.05) is 33.2 Å². The van der Waals surface area contributed by atoms with E-state index in [1.807, 2.05) is 0 Å². The van der Waals surface area contributed by atoms with Crippen LogP contribution in [0.3, 0.4) is 0 Å². The average Bonchev–Trinajstić information content (AvgIpc) is 3.69. The summed E-state index contributed by atoms with van der Waals surface area (Å²) in [6, 6.07) is 88.5. The molecule has 290 valence electrons. The molecule has 0 aliphatic heterocycles. The zero-order valence-corrected chi connectivity index (χ0v) is 34.0. The second-order valence-corrected chi connectivity index (χ2v) is 16.1. The van der Waals surface area contributed by atoms with Gasteiger partial charge in [-0.2, -0.15) is 0 Å². The molecule has 0 radical (unpaired) electrons. The lowest BCUT2D eigenvalue weighted by Crippen LogP contribution is -2.11. The fraction of sp³-hybridized carbons (Fsp3) is 0. The summed E-state index contributed by atoms with van der Waals surface area (Å²) in [6.45, 7) is 0. The number of anilines is 3. The summed E-state index contributed by atoms with van der Waals surface area (Å²) >= 11 is 0. The highest BCUT2D eigenvalue weighted by Crippen LogP contribution is 2.45. The van der Waals surface area contributed by atoms with Crippen LogP contribution in [0, 0.1) is 0 Å². The number of nitrogens with zero attached hydrogens (tertiary/aromatic N) is 2. The Kier molecular flexibility index (Phi) is 8.53. The molecular weight excluding hydrogens is 749 g/mol. The highest BCUT2D eigenvalue weighted by atomic mass is 15.1. The Labute approximate surface area is 360 Å². The number of benzene rings is 11. The van der Waals surface area contributed by atoms with E-state index >= 15 is 0 Å². The minimum Gasteiger partial charge on any atom is -0.310 e. The van der Waals surface area contributed by atoms with Crippen LogP contribution in [0.4, 0.5) is 17.1 Å². The van der Waals surface area contributed by atoms with E-state index in [4.69, 9.17) is 0 Å². The van der Waals surface area contributed by atoms with E-state index in [9.17, 15) is 0 Å². The highest BCUT2D eigenvalue weighted by Gasteiger charge is 2.20. The maximum absolute atomic E-state index is 2.44. The van der Waals surface area contributed by atoms with Gasteiger partial charge in [-0.1, -0.05) is 188 Å². The van der Waals surface area contributed by atoms with Gasteiger partial charge < -0.3 is 9.47 Å². The van der Waals surface area contributed by atoms with Crippen LogP contribution in [-0.2, 0) is 0 Å². The zero-order valence-electron chi connectivity index (χ0n) is 34.0. The van der Waals surface area contributed by atoms with Crippen molar-refractivity contribution in [2.24, 2.45) is 0 Å². The molecule has 0 N–H and O–H groups in total. The van der Waals surface area contributed by atoms with Gasteiger partial charge in [0.05, 0.1) is 16.7 Å². The molecule has 0 atom stereocenters. The van der Waals surface area contributed by atoms with Crippen molar-refractivity contribution in [2.45, 2.75) is 0 Å². The van der Waals surface area contributed by atoms with Crippen molar-refractivity contribution in [1.29, 1.82) is 0 Å². The predicted octanol–water partition coefficient (Wildman–Crippen LogP) is 16.7. The fourth-order valence-electron chi connectivity index (χ4n) is 9.70.